The first-order chi connectivity index (χ1) is 37.2. The minimum absolute atomic E-state index is 0.124. The van der Waals surface area contributed by atoms with Crippen LogP contribution in [0.25, 0.3) is 0 Å². The smallest absolute Gasteiger partial charge is 0.462 e. The molecule has 0 saturated heterocycles. The van der Waals surface area contributed by atoms with Crippen molar-refractivity contribution in [3.63, 3.8) is 0 Å². The van der Waals surface area contributed by atoms with Gasteiger partial charge in [-0.1, -0.05) is 226 Å². The van der Waals surface area contributed by atoms with Crippen molar-refractivity contribution < 1.29 is 52.2 Å². The van der Waals surface area contributed by atoms with Crippen LogP contribution in [-0.4, -0.2) is 66.5 Å². The van der Waals surface area contributed by atoms with Crippen LogP contribution in [0.1, 0.15) is 239 Å². The third-order valence-electron chi connectivity index (χ3n) is 12.2. The van der Waals surface area contributed by atoms with Gasteiger partial charge in [0, 0.05) is 19.3 Å². The standard InChI is InChI=1S/C64H107O11P/c1-4-7-10-13-16-19-22-24-26-28-30-32-34-36-39-42-45-48-51-54-63(67)74-60(56-65)58-72-76(69,70)73-59-61(57-71-62(66)53-50-47-44-41-38-21-18-15-12-9-6-3)75-64(68)55-52-49-46-43-40-37-35-33-31-29-27-25-23-20-17-14-11-8-5-2/h7-8,10-11,16-17,19-20,24-27,30-33,37,40,60-61,65H,4-6,9,12-15,18,21-23,28-29,34-36,38-39,41-59H2,1-3H3,(H,69,70)/b10-7-,11-8-,19-16-,20-17-,26-24-,27-25-,32-30-,33-31-,40-37-. The molecule has 0 aliphatic heterocycles. The highest BCUT2D eigenvalue weighted by molar-refractivity contribution is 7.47. The molecular formula is C64H107O11P. The molecule has 11 nitrogen and oxygen atoms in total. The molecule has 0 bridgehead atoms. The molecule has 0 heterocycles. The van der Waals surface area contributed by atoms with Gasteiger partial charge in [-0.3, -0.25) is 23.4 Å². The maximum Gasteiger partial charge on any atom is 0.472 e. The molecule has 0 aliphatic carbocycles. The first-order valence-corrected chi connectivity index (χ1v) is 31.3. The lowest BCUT2D eigenvalue weighted by Crippen LogP contribution is -2.30. The number of esters is 3. The van der Waals surface area contributed by atoms with Gasteiger partial charge in [0.2, 0.25) is 0 Å². The number of aliphatic hydroxyl groups excluding tert-OH is 1. The number of carbonyl (C=O) groups excluding carboxylic acids is 3. The van der Waals surface area contributed by atoms with Gasteiger partial charge in [-0.25, -0.2) is 4.57 Å². The predicted molar refractivity (Wildman–Crippen MR) is 316 cm³/mol. The summed E-state index contributed by atoms with van der Waals surface area (Å²) in [6.45, 7) is 4.36. The minimum Gasteiger partial charge on any atom is -0.462 e. The van der Waals surface area contributed by atoms with E-state index in [0.29, 0.717) is 19.3 Å². The number of hydrogen-bond donors (Lipinski definition) is 2. The van der Waals surface area contributed by atoms with Gasteiger partial charge in [0.15, 0.2) is 6.10 Å². The Morgan fingerprint density at radius 3 is 1.07 bits per heavy atom. The molecule has 12 heteroatoms. The summed E-state index contributed by atoms with van der Waals surface area (Å²) in [7, 11) is -4.77. The van der Waals surface area contributed by atoms with Gasteiger partial charge in [0.25, 0.3) is 0 Å². The second-order valence-corrected chi connectivity index (χ2v) is 20.9. The van der Waals surface area contributed by atoms with Crippen molar-refractivity contribution in [2.24, 2.45) is 0 Å². The number of allylic oxidation sites excluding steroid dienone is 18. The number of phosphoric ester groups is 1. The molecule has 3 atom stereocenters. The lowest BCUT2D eigenvalue weighted by Gasteiger charge is -2.21. The normalized spacial score (nSPS) is 14.1. The highest BCUT2D eigenvalue weighted by Crippen LogP contribution is 2.43. The second-order valence-electron chi connectivity index (χ2n) is 19.4. The van der Waals surface area contributed by atoms with Gasteiger partial charge in [-0.2, -0.15) is 0 Å². The Balaban J connectivity index is 4.73. The summed E-state index contributed by atoms with van der Waals surface area (Å²) in [5, 5.41) is 9.83. The van der Waals surface area contributed by atoms with Crippen molar-refractivity contribution in [3.8, 4) is 0 Å². The summed E-state index contributed by atoms with van der Waals surface area (Å²) < 4.78 is 39.5. The van der Waals surface area contributed by atoms with Gasteiger partial charge < -0.3 is 24.2 Å². The van der Waals surface area contributed by atoms with E-state index in [1.54, 1.807) is 0 Å². The van der Waals surface area contributed by atoms with Crippen molar-refractivity contribution in [2.75, 3.05) is 26.4 Å². The van der Waals surface area contributed by atoms with Crippen molar-refractivity contribution in [1.82, 2.24) is 0 Å². The molecule has 0 rings (SSSR count). The molecule has 2 N–H and O–H groups in total. The summed E-state index contributed by atoms with van der Waals surface area (Å²) in [6.07, 6.45) is 69.0. The maximum absolute atomic E-state index is 12.9. The van der Waals surface area contributed by atoms with Crippen LogP contribution in [0.5, 0.6) is 0 Å². The van der Waals surface area contributed by atoms with Crippen LogP contribution in [0.15, 0.2) is 109 Å². The fourth-order valence-electron chi connectivity index (χ4n) is 7.73. The summed E-state index contributed by atoms with van der Waals surface area (Å²) >= 11 is 0. The molecule has 76 heavy (non-hydrogen) atoms. The molecule has 0 aliphatic rings. The van der Waals surface area contributed by atoms with Gasteiger partial charge in [-0.15, -0.1) is 0 Å². The molecule has 0 fully saturated rings. The van der Waals surface area contributed by atoms with Crippen LogP contribution >= 0.6 is 7.82 Å². The van der Waals surface area contributed by atoms with E-state index in [1.165, 1.54) is 44.9 Å². The average molecular weight is 1080 g/mol. The van der Waals surface area contributed by atoms with Crippen LogP contribution in [0.3, 0.4) is 0 Å². The van der Waals surface area contributed by atoms with Crippen LogP contribution in [0.2, 0.25) is 0 Å². The van der Waals surface area contributed by atoms with E-state index in [9.17, 15) is 28.9 Å². The molecule has 3 unspecified atom stereocenters. The second kappa shape index (κ2) is 57.3. The molecule has 0 radical (unpaired) electrons. The largest absolute Gasteiger partial charge is 0.472 e. The summed E-state index contributed by atoms with van der Waals surface area (Å²) in [5.74, 6) is -1.52. The number of aliphatic hydroxyl groups is 1. The quantitative estimate of drug-likeness (QED) is 0.0197. The Hall–Kier alpha value is -3.86. The van der Waals surface area contributed by atoms with E-state index in [0.717, 1.165) is 135 Å². The Kier molecular flexibility index (Phi) is 54.4. The molecule has 0 spiro atoms. The number of carbonyl (C=O) groups is 3. The lowest BCUT2D eigenvalue weighted by atomic mass is 10.1. The molecule has 434 valence electrons. The Labute approximate surface area is 463 Å². The molecular weight excluding hydrogens is 976 g/mol. The van der Waals surface area contributed by atoms with E-state index in [1.807, 2.05) is 0 Å². The van der Waals surface area contributed by atoms with Crippen LogP contribution in [-0.2, 0) is 42.2 Å². The highest BCUT2D eigenvalue weighted by Gasteiger charge is 2.28. The third kappa shape index (κ3) is 54.9. The number of ether oxygens (including phenoxy) is 3. The summed E-state index contributed by atoms with van der Waals surface area (Å²) in [5.41, 5.74) is 0. The first-order valence-electron chi connectivity index (χ1n) is 29.8. The number of rotatable bonds is 54. The van der Waals surface area contributed by atoms with Crippen LogP contribution in [0.4, 0.5) is 0 Å². The van der Waals surface area contributed by atoms with Gasteiger partial charge in [-0.05, 0) is 103 Å². The van der Waals surface area contributed by atoms with Crippen molar-refractivity contribution in [1.29, 1.82) is 0 Å². The Morgan fingerprint density at radius 2 is 0.684 bits per heavy atom. The lowest BCUT2D eigenvalue weighted by molar-refractivity contribution is -0.161. The summed E-state index contributed by atoms with van der Waals surface area (Å²) in [6, 6.07) is 0. The number of phosphoric acid groups is 1. The highest BCUT2D eigenvalue weighted by atomic mass is 31.2. The van der Waals surface area contributed by atoms with Gasteiger partial charge >= 0.3 is 25.7 Å². The van der Waals surface area contributed by atoms with Gasteiger partial charge in [0.1, 0.15) is 12.7 Å². The van der Waals surface area contributed by atoms with Crippen LogP contribution < -0.4 is 0 Å². The van der Waals surface area contributed by atoms with E-state index in [4.69, 9.17) is 23.3 Å². The van der Waals surface area contributed by atoms with Gasteiger partial charge in [0.05, 0.1) is 19.8 Å². The molecule has 0 aromatic rings. The minimum atomic E-state index is -4.77. The fraction of sp³-hybridized carbons (Fsp3) is 0.672. The molecule has 0 aromatic heterocycles. The SMILES string of the molecule is CC/C=C\C/C=C\C/C=C\C/C=C\C/C=C\CCCCCC(=O)OC(COC(=O)CCCCCCCCCCCCC)COP(=O)(O)OCC(CO)OC(=O)CCCCCCCC/C=C\C/C=C\C/C=C\C/C=C\CC. The fourth-order valence-corrected chi connectivity index (χ4v) is 8.51. The third-order valence-corrected chi connectivity index (χ3v) is 13.1. The zero-order valence-corrected chi connectivity index (χ0v) is 48.8. The van der Waals surface area contributed by atoms with Crippen LogP contribution in [0, 0.1) is 0 Å². The maximum atomic E-state index is 12.9. The Morgan fingerprint density at radius 1 is 0.382 bits per heavy atom. The molecule has 0 aromatic carbocycles. The zero-order valence-electron chi connectivity index (χ0n) is 47.9. The molecule has 0 saturated carbocycles. The summed E-state index contributed by atoms with van der Waals surface area (Å²) in [4.78, 5) is 48.6. The van der Waals surface area contributed by atoms with Crippen molar-refractivity contribution in [2.45, 2.75) is 251 Å². The number of unbranched alkanes of at least 4 members (excludes halogenated alkanes) is 19. The molecule has 0 amide bonds. The van der Waals surface area contributed by atoms with E-state index in [2.05, 4.69) is 130 Å². The van der Waals surface area contributed by atoms with E-state index >= 15 is 0 Å². The number of hydrogen-bond acceptors (Lipinski definition) is 10. The van der Waals surface area contributed by atoms with Crippen molar-refractivity contribution >= 4 is 25.7 Å². The van der Waals surface area contributed by atoms with E-state index < -0.39 is 57.8 Å². The van der Waals surface area contributed by atoms with E-state index in [-0.39, 0.29) is 25.9 Å². The monoisotopic (exact) mass is 1080 g/mol. The van der Waals surface area contributed by atoms with Crippen molar-refractivity contribution in [3.05, 3.63) is 109 Å². The topological polar surface area (TPSA) is 155 Å². The predicted octanol–water partition coefficient (Wildman–Crippen LogP) is 17.8. The average Bonchev–Trinajstić information content (AvgIpc) is 3.41. The first kappa shape index (κ1) is 72.1. The zero-order chi connectivity index (χ0) is 55.5. The Bertz CT molecular complexity index is 1690.